The predicted octanol–water partition coefficient (Wildman–Crippen LogP) is 3.78. The molecule has 148 valence electrons. The minimum Gasteiger partial charge on any atom is -0.496 e. The number of unbranched alkanes of at least 4 members (excludes halogenated alkanes) is 1. The van der Waals surface area contributed by atoms with Crippen molar-refractivity contribution in [2.45, 2.75) is 56.7 Å². The molecule has 1 aromatic carbocycles. The van der Waals surface area contributed by atoms with Gasteiger partial charge in [-0.25, -0.2) is 8.93 Å². The van der Waals surface area contributed by atoms with E-state index in [0.717, 1.165) is 18.4 Å². The number of rotatable bonds is 10. The van der Waals surface area contributed by atoms with Crippen molar-refractivity contribution in [1.82, 2.24) is 4.72 Å². The molecule has 7 heteroatoms. The molecule has 0 bridgehead atoms. The van der Waals surface area contributed by atoms with Gasteiger partial charge in [0.2, 0.25) is 0 Å². The first-order chi connectivity index (χ1) is 12.3. The van der Waals surface area contributed by atoms with Crippen LogP contribution in [-0.4, -0.2) is 41.1 Å². The molecule has 0 radical (unpaired) electrons. The van der Waals surface area contributed by atoms with Gasteiger partial charge in [0.15, 0.2) is 0 Å². The Bertz CT molecular complexity index is 603. The number of carbonyl (C=O) groups is 1. The van der Waals surface area contributed by atoms with Crippen LogP contribution in [0.4, 0.5) is 0 Å². The lowest BCUT2D eigenvalue weighted by molar-refractivity contribution is -0.143. The summed E-state index contributed by atoms with van der Waals surface area (Å²) in [6.07, 6.45) is 2.28. The van der Waals surface area contributed by atoms with Crippen molar-refractivity contribution in [3.63, 3.8) is 0 Å². The third-order valence-corrected chi connectivity index (χ3v) is 5.94. The summed E-state index contributed by atoms with van der Waals surface area (Å²) in [5, 5.41) is 0. The molecular weight excluding hydrogens is 374 g/mol. The van der Waals surface area contributed by atoms with Gasteiger partial charge < -0.3 is 9.47 Å². The number of alkyl halides is 1. The Kier molecular flexibility index (Phi) is 9.61. The van der Waals surface area contributed by atoms with E-state index in [2.05, 4.69) is 4.72 Å². The summed E-state index contributed by atoms with van der Waals surface area (Å²) >= 11 is 5.81. The summed E-state index contributed by atoms with van der Waals surface area (Å²) in [6.45, 7) is 5.67. The Morgan fingerprint density at radius 2 is 1.88 bits per heavy atom. The lowest BCUT2D eigenvalue weighted by Crippen LogP contribution is -2.45. The van der Waals surface area contributed by atoms with Gasteiger partial charge in [-0.1, -0.05) is 24.6 Å². The second kappa shape index (κ2) is 10.9. The molecule has 1 rings (SSSR count). The zero-order chi connectivity index (χ0) is 19.7. The third kappa shape index (κ3) is 6.56. The van der Waals surface area contributed by atoms with Crippen LogP contribution in [0.1, 0.15) is 51.5 Å². The molecule has 1 N–H and O–H groups in total. The Morgan fingerprint density at radius 3 is 2.42 bits per heavy atom. The maximum atomic E-state index is 12.7. The number of methoxy groups -OCH3 is 2. The lowest BCUT2D eigenvalue weighted by Gasteiger charge is -2.30. The largest absolute Gasteiger partial charge is 0.496 e. The van der Waals surface area contributed by atoms with Crippen molar-refractivity contribution >= 4 is 28.6 Å². The summed E-state index contributed by atoms with van der Waals surface area (Å²) in [4.78, 5) is 12.6. The first-order valence-corrected chi connectivity index (χ1v) is 10.4. The number of carbonyl (C=O) groups excluding carboxylic acids is 1. The van der Waals surface area contributed by atoms with E-state index >= 15 is 0 Å². The molecule has 1 aromatic rings. The van der Waals surface area contributed by atoms with Crippen LogP contribution in [0.2, 0.25) is 0 Å². The molecule has 0 aliphatic rings. The highest BCUT2D eigenvalue weighted by Crippen LogP contribution is 2.32. The summed E-state index contributed by atoms with van der Waals surface area (Å²) in [5.41, 5.74) is 0.719. The standard InChI is InChI=1S/C19H30ClNO4S/c1-19(2,3)26(23)21-15(11-8-9-13-20)17(18(22)25-5)14-10-6-7-12-16(14)24-4/h6-7,10,12,15,17,21H,8-9,11,13H2,1-5H3/t15-,17-,26?/m1/s1. The van der Waals surface area contributed by atoms with Crippen LogP contribution in [-0.2, 0) is 20.5 Å². The molecule has 1 unspecified atom stereocenters. The normalized spacial score (nSPS) is 15.2. The van der Waals surface area contributed by atoms with E-state index in [9.17, 15) is 9.00 Å². The fourth-order valence-electron chi connectivity index (χ4n) is 2.62. The molecule has 0 aliphatic heterocycles. The monoisotopic (exact) mass is 403 g/mol. The Morgan fingerprint density at radius 1 is 1.23 bits per heavy atom. The molecule has 0 spiro atoms. The minimum absolute atomic E-state index is 0.359. The van der Waals surface area contributed by atoms with Crippen LogP contribution in [0.25, 0.3) is 0 Å². The van der Waals surface area contributed by atoms with Gasteiger partial charge in [0.25, 0.3) is 0 Å². The smallest absolute Gasteiger partial charge is 0.314 e. The number of nitrogens with one attached hydrogen (secondary N) is 1. The number of ether oxygens (including phenoxy) is 2. The fourth-order valence-corrected chi connectivity index (χ4v) is 3.70. The first kappa shape index (κ1) is 22.9. The number of benzene rings is 1. The summed E-state index contributed by atoms with van der Waals surface area (Å²) in [5.74, 6) is 0.141. The first-order valence-electron chi connectivity index (χ1n) is 8.71. The third-order valence-electron chi connectivity index (χ3n) is 4.04. The van der Waals surface area contributed by atoms with E-state index in [1.165, 1.54) is 7.11 Å². The average molecular weight is 404 g/mol. The maximum absolute atomic E-state index is 12.7. The molecule has 0 saturated heterocycles. The Labute approximate surface area is 164 Å². The molecule has 0 heterocycles. The van der Waals surface area contributed by atoms with Gasteiger partial charge in [0.05, 0.1) is 30.0 Å². The number of hydrogen-bond donors (Lipinski definition) is 1. The van der Waals surface area contributed by atoms with Gasteiger partial charge in [-0.05, 0) is 39.7 Å². The molecule has 26 heavy (non-hydrogen) atoms. The van der Waals surface area contributed by atoms with Gasteiger partial charge >= 0.3 is 5.97 Å². The van der Waals surface area contributed by atoms with E-state index in [4.69, 9.17) is 21.1 Å². The number of para-hydroxylation sites is 1. The van der Waals surface area contributed by atoms with Crippen LogP contribution < -0.4 is 9.46 Å². The van der Waals surface area contributed by atoms with Gasteiger partial charge in [0, 0.05) is 17.5 Å². The molecule has 0 amide bonds. The van der Waals surface area contributed by atoms with Crippen LogP contribution >= 0.6 is 11.6 Å². The van der Waals surface area contributed by atoms with E-state index in [0.29, 0.717) is 18.1 Å². The average Bonchev–Trinajstić information content (AvgIpc) is 2.61. The minimum atomic E-state index is -1.33. The lowest BCUT2D eigenvalue weighted by atomic mass is 9.88. The van der Waals surface area contributed by atoms with E-state index in [-0.39, 0.29) is 12.0 Å². The second-order valence-corrected chi connectivity index (χ2v) is 9.41. The number of esters is 1. The van der Waals surface area contributed by atoms with Crippen LogP contribution in [0.15, 0.2) is 24.3 Å². The van der Waals surface area contributed by atoms with Crippen molar-refractivity contribution in [1.29, 1.82) is 0 Å². The Balaban J connectivity index is 3.27. The summed E-state index contributed by atoms with van der Waals surface area (Å²) < 4.78 is 25.9. The summed E-state index contributed by atoms with van der Waals surface area (Å²) in [7, 11) is 1.60. The molecule has 5 nitrogen and oxygen atoms in total. The molecule has 0 fully saturated rings. The molecule has 0 saturated carbocycles. The van der Waals surface area contributed by atoms with Crippen molar-refractivity contribution in [3.05, 3.63) is 29.8 Å². The number of hydrogen-bond acceptors (Lipinski definition) is 4. The van der Waals surface area contributed by atoms with E-state index in [1.54, 1.807) is 7.11 Å². The van der Waals surface area contributed by atoms with E-state index < -0.39 is 21.7 Å². The van der Waals surface area contributed by atoms with Gasteiger partial charge in [-0.2, -0.15) is 0 Å². The molecule has 0 aromatic heterocycles. The van der Waals surface area contributed by atoms with Crippen LogP contribution in [0.3, 0.4) is 0 Å². The quantitative estimate of drug-likeness (QED) is 0.367. The fraction of sp³-hybridized carbons (Fsp3) is 0.632. The van der Waals surface area contributed by atoms with Gasteiger partial charge in [-0.3, -0.25) is 4.79 Å². The van der Waals surface area contributed by atoms with Gasteiger partial charge in [0.1, 0.15) is 11.7 Å². The summed E-state index contributed by atoms with van der Waals surface area (Å²) in [6, 6.07) is 6.99. The highest BCUT2D eigenvalue weighted by atomic mass is 35.5. The van der Waals surface area contributed by atoms with Crippen molar-refractivity contribution in [3.8, 4) is 5.75 Å². The highest BCUT2D eigenvalue weighted by Gasteiger charge is 2.35. The van der Waals surface area contributed by atoms with Crippen molar-refractivity contribution in [2.75, 3.05) is 20.1 Å². The maximum Gasteiger partial charge on any atom is 0.314 e. The molecular formula is C19H30ClNO4S. The Hall–Kier alpha value is -1.11. The van der Waals surface area contributed by atoms with Crippen LogP contribution in [0, 0.1) is 0 Å². The second-order valence-electron chi connectivity index (χ2n) is 7.03. The topological polar surface area (TPSA) is 64.6 Å². The predicted molar refractivity (Wildman–Crippen MR) is 107 cm³/mol. The van der Waals surface area contributed by atoms with Crippen molar-refractivity contribution < 1.29 is 18.5 Å². The zero-order valence-electron chi connectivity index (χ0n) is 16.2. The van der Waals surface area contributed by atoms with Gasteiger partial charge in [-0.15, -0.1) is 11.6 Å². The highest BCUT2D eigenvalue weighted by molar-refractivity contribution is 7.84. The van der Waals surface area contributed by atoms with E-state index in [1.807, 2.05) is 45.0 Å². The zero-order valence-corrected chi connectivity index (χ0v) is 17.8. The molecule has 0 aliphatic carbocycles. The molecule has 3 atom stereocenters. The SMILES string of the molecule is COC(=O)[C@H](c1ccccc1OC)[C@@H](CCCCCl)NS(=O)C(C)(C)C. The van der Waals surface area contributed by atoms with Crippen molar-refractivity contribution in [2.24, 2.45) is 0 Å². The number of halogens is 1. The van der Waals surface area contributed by atoms with Crippen LogP contribution in [0.5, 0.6) is 5.75 Å².